The summed E-state index contributed by atoms with van der Waals surface area (Å²) in [5, 5.41) is 0.780. The highest BCUT2D eigenvalue weighted by Crippen LogP contribution is 2.28. The maximum absolute atomic E-state index is 13.3. The number of carbonyl (C=O) groups excluding carboxylic acids is 1. The van der Waals surface area contributed by atoms with Crippen molar-refractivity contribution in [2.45, 2.75) is 27.7 Å². The van der Waals surface area contributed by atoms with Gasteiger partial charge in [0.05, 0.1) is 23.4 Å². The molecule has 0 fully saturated rings. The van der Waals surface area contributed by atoms with Crippen LogP contribution in [0.2, 0.25) is 0 Å². The van der Waals surface area contributed by atoms with Crippen LogP contribution in [0.25, 0.3) is 22.2 Å². The smallest absolute Gasteiger partial charge is 0.338 e. The van der Waals surface area contributed by atoms with Crippen LogP contribution in [-0.4, -0.2) is 17.6 Å². The lowest BCUT2D eigenvalue weighted by molar-refractivity contribution is 0.0461. The Hall–Kier alpha value is -2.75. The van der Waals surface area contributed by atoms with Crippen molar-refractivity contribution in [2.24, 2.45) is 5.92 Å². The van der Waals surface area contributed by atoms with E-state index in [1.165, 1.54) is 12.1 Å². The van der Waals surface area contributed by atoms with Gasteiger partial charge in [-0.1, -0.05) is 25.5 Å². The predicted molar refractivity (Wildman–Crippen MR) is 102 cm³/mol. The van der Waals surface area contributed by atoms with Crippen molar-refractivity contribution in [1.82, 2.24) is 4.98 Å². The van der Waals surface area contributed by atoms with Crippen molar-refractivity contribution >= 4 is 16.9 Å². The largest absolute Gasteiger partial charge is 0.462 e. The summed E-state index contributed by atoms with van der Waals surface area (Å²) in [5.41, 5.74) is 4.67. The fourth-order valence-corrected chi connectivity index (χ4v) is 2.94. The van der Waals surface area contributed by atoms with Crippen molar-refractivity contribution in [3.05, 3.63) is 65.0 Å². The summed E-state index contributed by atoms with van der Waals surface area (Å²) >= 11 is 0. The van der Waals surface area contributed by atoms with Crippen LogP contribution in [0.4, 0.5) is 4.39 Å². The number of pyridine rings is 1. The third kappa shape index (κ3) is 3.74. The average Bonchev–Trinajstić information content (AvgIpc) is 2.59. The topological polar surface area (TPSA) is 39.2 Å². The molecule has 0 N–H and O–H groups in total. The number of hydrogen-bond donors (Lipinski definition) is 0. The number of ether oxygens (including phenoxy) is 1. The van der Waals surface area contributed by atoms with E-state index in [0.29, 0.717) is 17.9 Å². The van der Waals surface area contributed by atoms with E-state index in [1.54, 1.807) is 18.2 Å². The third-order valence-electron chi connectivity index (χ3n) is 4.16. The van der Waals surface area contributed by atoms with Crippen LogP contribution < -0.4 is 0 Å². The van der Waals surface area contributed by atoms with Crippen LogP contribution in [-0.2, 0) is 4.74 Å². The molecule has 0 aliphatic rings. The first-order chi connectivity index (χ1) is 12.3. The van der Waals surface area contributed by atoms with Gasteiger partial charge < -0.3 is 4.74 Å². The number of rotatable bonds is 4. The average molecular weight is 351 g/mol. The van der Waals surface area contributed by atoms with Crippen molar-refractivity contribution in [3.63, 3.8) is 0 Å². The lowest BCUT2D eigenvalue weighted by atomic mass is 10.00. The molecule has 0 saturated heterocycles. The van der Waals surface area contributed by atoms with Crippen LogP contribution in [0.3, 0.4) is 0 Å². The van der Waals surface area contributed by atoms with Crippen LogP contribution in [0.5, 0.6) is 0 Å². The van der Waals surface area contributed by atoms with Gasteiger partial charge in [-0.15, -0.1) is 0 Å². The van der Waals surface area contributed by atoms with Crippen LogP contribution >= 0.6 is 0 Å². The normalized spacial score (nSPS) is 11.2. The second-order valence-electron chi connectivity index (χ2n) is 7.03. The Labute approximate surface area is 152 Å². The van der Waals surface area contributed by atoms with Gasteiger partial charge in [0.1, 0.15) is 5.82 Å². The highest BCUT2D eigenvalue weighted by atomic mass is 19.1. The molecule has 3 rings (SSSR count). The lowest BCUT2D eigenvalue weighted by Gasteiger charge is -2.13. The van der Waals surface area contributed by atoms with E-state index in [4.69, 9.17) is 9.72 Å². The molecule has 0 amide bonds. The predicted octanol–water partition coefficient (Wildman–Crippen LogP) is 5.47. The summed E-state index contributed by atoms with van der Waals surface area (Å²) in [5.74, 6) is -0.413. The molecule has 1 heterocycles. The van der Waals surface area contributed by atoms with Gasteiger partial charge in [0.2, 0.25) is 0 Å². The Balaban J connectivity index is 2.19. The quantitative estimate of drug-likeness (QED) is 0.585. The molecular formula is C22H22FNO2. The van der Waals surface area contributed by atoms with Crippen LogP contribution in [0.1, 0.15) is 35.3 Å². The molecule has 2 aromatic carbocycles. The summed E-state index contributed by atoms with van der Waals surface area (Å²) < 4.78 is 18.7. The van der Waals surface area contributed by atoms with Crippen molar-refractivity contribution in [2.75, 3.05) is 6.61 Å². The Morgan fingerprint density at radius 3 is 2.46 bits per heavy atom. The monoisotopic (exact) mass is 351 g/mol. The fourth-order valence-electron chi connectivity index (χ4n) is 2.94. The standard InChI is InChI=1S/C22H22FNO2/c1-13(2)12-26-22(25)19-11-20(16-5-7-17(23)8-6-16)24-21-15(4)9-14(3)10-18(19)21/h5-11,13H,12H2,1-4H3. The first kappa shape index (κ1) is 18.1. The number of benzene rings is 2. The molecule has 0 aliphatic heterocycles. The van der Waals surface area contributed by atoms with Gasteiger partial charge in [-0.3, -0.25) is 0 Å². The molecule has 0 spiro atoms. The number of aryl methyl sites for hydroxylation is 2. The minimum atomic E-state index is -0.362. The highest BCUT2D eigenvalue weighted by Gasteiger charge is 2.17. The maximum atomic E-state index is 13.3. The highest BCUT2D eigenvalue weighted by molar-refractivity contribution is 6.05. The molecule has 0 saturated carbocycles. The Morgan fingerprint density at radius 1 is 1.12 bits per heavy atom. The van der Waals surface area contributed by atoms with Gasteiger partial charge in [-0.2, -0.15) is 0 Å². The molecule has 3 nitrogen and oxygen atoms in total. The lowest BCUT2D eigenvalue weighted by Crippen LogP contribution is -2.11. The number of aromatic nitrogens is 1. The third-order valence-corrected chi connectivity index (χ3v) is 4.16. The van der Waals surface area contributed by atoms with Crippen molar-refractivity contribution in [1.29, 1.82) is 0 Å². The first-order valence-electron chi connectivity index (χ1n) is 8.70. The molecular weight excluding hydrogens is 329 g/mol. The maximum Gasteiger partial charge on any atom is 0.338 e. The fraction of sp³-hybridized carbons (Fsp3) is 0.273. The van der Waals surface area contributed by atoms with Gasteiger partial charge in [0.15, 0.2) is 0 Å². The van der Waals surface area contributed by atoms with E-state index in [9.17, 15) is 9.18 Å². The number of hydrogen-bond acceptors (Lipinski definition) is 3. The molecule has 134 valence electrons. The summed E-state index contributed by atoms with van der Waals surface area (Å²) in [6.45, 7) is 8.31. The summed E-state index contributed by atoms with van der Waals surface area (Å²) in [7, 11) is 0. The zero-order chi connectivity index (χ0) is 18.8. The second-order valence-corrected chi connectivity index (χ2v) is 7.03. The zero-order valence-electron chi connectivity index (χ0n) is 15.5. The van der Waals surface area contributed by atoms with Crippen molar-refractivity contribution in [3.8, 4) is 11.3 Å². The van der Waals surface area contributed by atoms with E-state index in [2.05, 4.69) is 0 Å². The summed E-state index contributed by atoms with van der Waals surface area (Å²) in [6, 6.07) is 11.8. The first-order valence-corrected chi connectivity index (χ1v) is 8.70. The number of carbonyl (C=O) groups is 1. The molecule has 0 atom stereocenters. The molecule has 0 aliphatic carbocycles. The molecule has 0 radical (unpaired) electrons. The number of esters is 1. The molecule has 0 bridgehead atoms. The molecule has 3 aromatic rings. The minimum Gasteiger partial charge on any atom is -0.462 e. The van der Waals surface area contributed by atoms with E-state index < -0.39 is 0 Å². The van der Waals surface area contributed by atoms with Gasteiger partial charge in [-0.25, -0.2) is 14.2 Å². The van der Waals surface area contributed by atoms with Gasteiger partial charge in [0, 0.05) is 10.9 Å². The Morgan fingerprint density at radius 2 is 1.81 bits per heavy atom. The SMILES string of the molecule is Cc1cc(C)c2nc(-c3ccc(F)cc3)cc(C(=O)OCC(C)C)c2c1. The van der Waals surface area contributed by atoms with Crippen LogP contribution in [0, 0.1) is 25.6 Å². The number of nitrogens with zero attached hydrogens (tertiary/aromatic N) is 1. The van der Waals surface area contributed by atoms with E-state index in [0.717, 1.165) is 27.6 Å². The van der Waals surface area contributed by atoms with Gasteiger partial charge >= 0.3 is 5.97 Å². The summed E-state index contributed by atoms with van der Waals surface area (Å²) in [6.07, 6.45) is 0. The second kappa shape index (κ2) is 7.24. The number of halogens is 1. The van der Waals surface area contributed by atoms with E-state index in [-0.39, 0.29) is 17.7 Å². The van der Waals surface area contributed by atoms with Crippen molar-refractivity contribution < 1.29 is 13.9 Å². The molecule has 26 heavy (non-hydrogen) atoms. The Bertz CT molecular complexity index is 962. The van der Waals surface area contributed by atoms with Crippen LogP contribution in [0.15, 0.2) is 42.5 Å². The number of fused-ring (bicyclic) bond motifs is 1. The molecule has 1 aromatic heterocycles. The van der Waals surface area contributed by atoms with Gasteiger partial charge in [0.25, 0.3) is 0 Å². The zero-order valence-corrected chi connectivity index (χ0v) is 15.5. The molecule has 4 heteroatoms. The van der Waals surface area contributed by atoms with E-state index >= 15 is 0 Å². The Kier molecular flexibility index (Phi) is 5.03. The molecule has 0 unspecified atom stereocenters. The van der Waals surface area contributed by atoms with Gasteiger partial charge in [-0.05, 0) is 61.7 Å². The van der Waals surface area contributed by atoms with E-state index in [1.807, 2.05) is 39.8 Å². The summed E-state index contributed by atoms with van der Waals surface area (Å²) in [4.78, 5) is 17.4. The minimum absolute atomic E-state index is 0.257.